The molecule has 0 radical (unpaired) electrons. The van der Waals surface area contributed by atoms with E-state index in [0.717, 1.165) is 5.69 Å². The molecule has 0 fully saturated rings. The molecule has 102 valence electrons. The zero-order valence-electron chi connectivity index (χ0n) is 11.7. The second kappa shape index (κ2) is 7.37. The van der Waals surface area contributed by atoms with Crippen molar-refractivity contribution in [1.82, 2.24) is 10.3 Å². The molecule has 0 spiro atoms. The highest BCUT2D eigenvalue weighted by Crippen LogP contribution is 2.08. The average molecular weight is 260 g/mol. The lowest BCUT2D eigenvalue weighted by molar-refractivity contribution is -0.120. The average Bonchev–Trinajstić information content (AvgIpc) is 2.35. The van der Waals surface area contributed by atoms with E-state index in [0.29, 0.717) is 36.8 Å². The number of carbonyl (C=O) groups excluding carboxylic acids is 1. The lowest BCUT2D eigenvalue weighted by Gasteiger charge is -2.09. The van der Waals surface area contributed by atoms with Crippen LogP contribution >= 0.6 is 0 Å². The first-order chi connectivity index (χ1) is 9.01. The van der Waals surface area contributed by atoms with Gasteiger partial charge < -0.3 is 10.6 Å². The Balaban J connectivity index is 2.39. The largest absolute Gasteiger partial charge is 0.370 e. The summed E-state index contributed by atoms with van der Waals surface area (Å²) in [5, 5.41) is 14.8. The van der Waals surface area contributed by atoms with Crippen LogP contribution in [0.15, 0.2) is 12.1 Å². The molecule has 2 N–H and O–H groups in total. The Morgan fingerprint density at radius 1 is 1.47 bits per heavy atom. The molecule has 1 aromatic heterocycles. The van der Waals surface area contributed by atoms with Gasteiger partial charge >= 0.3 is 0 Å². The Labute approximate surface area is 114 Å². The molecule has 1 heterocycles. The number of nitrogens with one attached hydrogen (secondary N) is 2. The Hall–Kier alpha value is -2.09. The Morgan fingerprint density at radius 2 is 2.21 bits per heavy atom. The topological polar surface area (TPSA) is 77.8 Å². The van der Waals surface area contributed by atoms with E-state index in [-0.39, 0.29) is 5.91 Å². The van der Waals surface area contributed by atoms with Gasteiger partial charge in [-0.1, -0.05) is 13.8 Å². The number of nitrogens with zero attached hydrogens (tertiary/aromatic N) is 2. The SMILES string of the molecule is Cc1cc(C#N)cc(NCCC(=O)NCC(C)C)n1. The smallest absolute Gasteiger partial charge is 0.221 e. The van der Waals surface area contributed by atoms with Gasteiger partial charge in [-0.15, -0.1) is 0 Å². The highest BCUT2D eigenvalue weighted by Gasteiger charge is 2.03. The summed E-state index contributed by atoms with van der Waals surface area (Å²) in [5.41, 5.74) is 1.35. The van der Waals surface area contributed by atoms with Crippen LogP contribution in [-0.4, -0.2) is 24.0 Å². The van der Waals surface area contributed by atoms with Crippen molar-refractivity contribution in [3.8, 4) is 6.07 Å². The Kier molecular flexibility index (Phi) is 5.80. The first-order valence-electron chi connectivity index (χ1n) is 6.40. The predicted octanol–water partition coefficient (Wildman–Crippen LogP) is 1.84. The molecule has 5 nitrogen and oxygen atoms in total. The van der Waals surface area contributed by atoms with Gasteiger partial charge in [0, 0.05) is 25.2 Å². The fourth-order valence-electron chi connectivity index (χ4n) is 1.53. The van der Waals surface area contributed by atoms with E-state index in [2.05, 4.69) is 35.5 Å². The normalized spacial score (nSPS) is 10.1. The van der Waals surface area contributed by atoms with Crippen LogP contribution < -0.4 is 10.6 Å². The molecule has 0 saturated heterocycles. The minimum absolute atomic E-state index is 0.0226. The predicted molar refractivity (Wildman–Crippen MR) is 74.6 cm³/mol. The molecule has 1 rings (SSSR count). The van der Waals surface area contributed by atoms with E-state index in [4.69, 9.17) is 5.26 Å². The number of aromatic nitrogens is 1. The molecule has 0 atom stereocenters. The number of rotatable bonds is 6. The number of hydrogen-bond donors (Lipinski definition) is 2. The highest BCUT2D eigenvalue weighted by molar-refractivity contribution is 5.76. The molecule has 0 aliphatic heterocycles. The highest BCUT2D eigenvalue weighted by atomic mass is 16.1. The fraction of sp³-hybridized carbons (Fsp3) is 0.500. The molecule has 5 heteroatoms. The summed E-state index contributed by atoms with van der Waals surface area (Å²) >= 11 is 0. The van der Waals surface area contributed by atoms with Crippen LogP contribution in [0.4, 0.5) is 5.82 Å². The van der Waals surface area contributed by atoms with E-state index in [1.54, 1.807) is 12.1 Å². The van der Waals surface area contributed by atoms with Crippen molar-refractivity contribution in [3.05, 3.63) is 23.4 Å². The zero-order valence-corrected chi connectivity index (χ0v) is 11.7. The van der Waals surface area contributed by atoms with Gasteiger partial charge in [-0.25, -0.2) is 4.98 Å². The van der Waals surface area contributed by atoms with Gasteiger partial charge in [0.1, 0.15) is 5.82 Å². The minimum Gasteiger partial charge on any atom is -0.370 e. The van der Waals surface area contributed by atoms with Crippen molar-refractivity contribution >= 4 is 11.7 Å². The quantitative estimate of drug-likeness (QED) is 0.818. The first kappa shape index (κ1) is 15.0. The van der Waals surface area contributed by atoms with Gasteiger partial charge in [0.25, 0.3) is 0 Å². The second-order valence-corrected chi connectivity index (χ2v) is 4.87. The van der Waals surface area contributed by atoms with Crippen LogP contribution in [0.3, 0.4) is 0 Å². The van der Waals surface area contributed by atoms with Gasteiger partial charge in [0.2, 0.25) is 5.91 Å². The van der Waals surface area contributed by atoms with Crippen molar-refractivity contribution in [3.63, 3.8) is 0 Å². The van der Waals surface area contributed by atoms with E-state index in [1.165, 1.54) is 0 Å². The lowest BCUT2D eigenvalue weighted by Crippen LogP contribution is -2.28. The second-order valence-electron chi connectivity index (χ2n) is 4.87. The molecule has 0 aliphatic rings. The summed E-state index contributed by atoms with van der Waals surface area (Å²) in [6.07, 6.45) is 0.393. The van der Waals surface area contributed by atoms with Crippen molar-refractivity contribution < 1.29 is 4.79 Å². The van der Waals surface area contributed by atoms with Gasteiger partial charge in [0.15, 0.2) is 0 Å². The maximum atomic E-state index is 11.5. The molecular weight excluding hydrogens is 240 g/mol. The maximum Gasteiger partial charge on any atom is 0.221 e. The number of amides is 1. The number of nitriles is 1. The Morgan fingerprint density at radius 3 is 2.84 bits per heavy atom. The third-order valence-corrected chi connectivity index (χ3v) is 2.45. The third kappa shape index (κ3) is 5.87. The summed E-state index contributed by atoms with van der Waals surface area (Å²) in [5.74, 6) is 1.11. The summed E-state index contributed by atoms with van der Waals surface area (Å²) < 4.78 is 0. The van der Waals surface area contributed by atoms with Gasteiger partial charge in [-0.3, -0.25) is 4.79 Å². The molecule has 1 aromatic rings. The molecule has 1 amide bonds. The van der Waals surface area contributed by atoms with Crippen LogP contribution in [0.1, 0.15) is 31.5 Å². The molecule has 0 aromatic carbocycles. The molecule has 19 heavy (non-hydrogen) atoms. The summed E-state index contributed by atoms with van der Waals surface area (Å²) in [6, 6.07) is 5.48. The first-order valence-corrected chi connectivity index (χ1v) is 6.40. The van der Waals surface area contributed by atoms with Gasteiger partial charge in [-0.05, 0) is 25.0 Å². The molecule has 0 aliphatic carbocycles. The number of pyridine rings is 1. The van der Waals surface area contributed by atoms with Crippen molar-refractivity contribution in [2.45, 2.75) is 27.2 Å². The molecule has 0 saturated carbocycles. The number of hydrogen-bond acceptors (Lipinski definition) is 4. The van der Waals surface area contributed by atoms with E-state index in [1.807, 2.05) is 6.92 Å². The van der Waals surface area contributed by atoms with Crippen molar-refractivity contribution in [2.75, 3.05) is 18.4 Å². The van der Waals surface area contributed by atoms with E-state index < -0.39 is 0 Å². The monoisotopic (exact) mass is 260 g/mol. The van der Waals surface area contributed by atoms with E-state index in [9.17, 15) is 4.79 Å². The maximum absolute atomic E-state index is 11.5. The van der Waals surface area contributed by atoms with Gasteiger partial charge in [-0.2, -0.15) is 5.26 Å². The number of anilines is 1. The summed E-state index contributed by atoms with van der Waals surface area (Å²) in [7, 11) is 0. The lowest BCUT2D eigenvalue weighted by atomic mass is 10.2. The summed E-state index contributed by atoms with van der Waals surface area (Å²) in [6.45, 7) is 7.14. The molecule has 0 unspecified atom stereocenters. The summed E-state index contributed by atoms with van der Waals surface area (Å²) in [4.78, 5) is 15.8. The Bertz CT molecular complexity index is 477. The standard InChI is InChI=1S/C14H20N4O/c1-10(2)9-17-14(19)4-5-16-13-7-12(8-15)6-11(3)18-13/h6-7,10H,4-5,9H2,1-3H3,(H,16,18)(H,17,19). The molecular formula is C14H20N4O. The van der Waals surface area contributed by atoms with Gasteiger partial charge in [0.05, 0.1) is 11.6 Å². The zero-order chi connectivity index (χ0) is 14.3. The third-order valence-electron chi connectivity index (χ3n) is 2.45. The minimum atomic E-state index is 0.0226. The fourth-order valence-corrected chi connectivity index (χ4v) is 1.53. The van der Waals surface area contributed by atoms with Crippen LogP contribution in [0.5, 0.6) is 0 Å². The van der Waals surface area contributed by atoms with Crippen LogP contribution in [0, 0.1) is 24.2 Å². The molecule has 0 bridgehead atoms. The number of carbonyl (C=O) groups is 1. The van der Waals surface area contributed by atoms with Crippen molar-refractivity contribution in [2.24, 2.45) is 5.92 Å². The van der Waals surface area contributed by atoms with Crippen LogP contribution in [0.2, 0.25) is 0 Å². The van der Waals surface area contributed by atoms with E-state index >= 15 is 0 Å². The number of aryl methyl sites for hydroxylation is 1. The van der Waals surface area contributed by atoms with Crippen molar-refractivity contribution in [1.29, 1.82) is 5.26 Å². The van der Waals surface area contributed by atoms with Crippen LogP contribution in [-0.2, 0) is 4.79 Å². The van der Waals surface area contributed by atoms with Crippen LogP contribution in [0.25, 0.3) is 0 Å².